The Labute approximate surface area is 236 Å². The van der Waals surface area contributed by atoms with Crippen molar-refractivity contribution < 1.29 is 19.5 Å². The van der Waals surface area contributed by atoms with Gasteiger partial charge in [-0.05, 0) is 50.9 Å². The molecule has 1 aliphatic carbocycles. The summed E-state index contributed by atoms with van der Waals surface area (Å²) in [6.45, 7) is 3.34. The molecule has 2 aromatic rings. The lowest BCUT2D eigenvalue weighted by atomic mass is 9.93. The van der Waals surface area contributed by atoms with E-state index < -0.39 is 5.91 Å². The lowest BCUT2D eigenvalue weighted by Crippen LogP contribution is -2.41. The summed E-state index contributed by atoms with van der Waals surface area (Å²) < 4.78 is 11.1. The molecule has 13 heteroatoms. The maximum atomic E-state index is 12.1. The number of hydrazine groups is 1. The normalized spacial score (nSPS) is 18.3. The number of aromatic nitrogens is 2. The Morgan fingerprint density at radius 2 is 1.90 bits per heavy atom. The van der Waals surface area contributed by atoms with Gasteiger partial charge in [0.2, 0.25) is 5.88 Å². The molecule has 5 rings (SSSR count). The Bertz CT molecular complexity index is 1240. The molecule has 0 bridgehead atoms. The van der Waals surface area contributed by atoms with Crippen LogP contribution in [0.3, 0.4) is 0 Å². The Hall–Kier alpha value is -3.09. The highest BCUT2D eigenvalue weighted by Crippen LogP contribution is 2.40. The Morgan fingerprint density at radius 3 is 2.54 bits per heavy atom. The smallest absolute Gasteiger partial charge is 0.255 e. The average Bonchev–Trinajstić information content (AvgIpc) is 3.74. The van der Waals surface area contributed by atoms with E-state index in [9.17, 15) is 10.0 Å². The topological polar surface area (TPSA) is 121 Å². The highest BCUT2D eigenvalue weighted by Gasteiger charge is 2.32. The second-order valence-corrected chi connectivity index (χ2v) is 10.5. The molecule has 0 atom stereocenters. The van der Waals surface area contributed by atoms with Gasteiger partial charge < -0.3 is 20.1 Å². The minimum atomic E-state index is -0.688. The molecule has 0 radical (unpaired) electrons. The first-order valence-corrected chi connectivity index (χ1v) is 13.6. The Balaban J connectivity index is 1.51. The second kappa shape index (κ2) is 12.0. The van der Waals surface area contributed by atoms with E-state index in [1.807, 2.05) is 6.20 Å². The number of benzene rings is 1. The van der Waals surface area contributed by atoms with Crippen LogP contribution < -0.4 is 15.5 Å². The molecule has 1 saturated heterocycles. The molecule has 2 aliphatic heterocycles. The van der Waals surface area contributed by atoms with Gasteiger partial charge in [-0.25, -0.2) is 15.1 Å². The highest BCUT2D eigenvalue weighted by atomic mass is 35.5. The molecule has 3 N–H and O–H groups in total. The highest BCUT2D eigenvalue weighted by molar-refractivity contribution is 6.39. The zero-order valence-electron chi connectivity index (χ0n) is 21.5. The van der Waals surface area contributed by atoms with E-state index in [2.05, 4.69) is 14.9 Å². The zero-order valence-corrected chi connectivity index (χ0v) is 23.1. The fourth-order valence-electron chi connectivity index (χ4n) is 4.62. The van der Waals surface area contributed by atoms with Gasteiger partial charge in [0.15, 0.2) is 0 Å². The number of nitrogens with zero attached hydrogens (tertiary/aromatic N) is 6. The van der Waals surface area contributed by atoms with Gasteiger partial charge in [-0.15, -0.1) is 0 Å². The molecule has 1 aromatic carbocycles. The number of primary amides is 1. The summed E-state index contributed by atoms with van der Waals surface area (Å²) in [6.07, 6.45) is 9.78. The quantitative estimate of drug-likeness (QED) is 0.427. The molecular formula is C26H31Cl2N7O4. The van der Waals surface area contributed by atoms with Gasteiger partial charge in [0, 0.05) is 38.2 Å². The van der Waals surface area contributed by atoms with Crippen LogP contribution in [-0.4, -0.2) is 75.5 Å². The van der Waals surface area contributed by atoms with Gasteiger partial charge in [-0.1, -0.05) is 29.3 Å². The summed E-state index contributed by atoms with van der Waals surface area (Å²) in [5.74, 6) is -0.323. The van der Waals surface area contributed by atoms with Crippen molar-refractivity contribution >= 4 is 40.7 Å². The minimum absolute atomic E-state index is 0.0257. The monoisotopic (exact) mass is 575 g/mol. The van der Waals surface area contributed by atoms with Crippen molar-refractivity contribution in [2.24, 2.45) is 11.7 Å². The van der Waals surface area contributed by atoms with Crippen LogP contribution in [0.25, 0.3) is 0 Å². The van der Waals surface area contributed by atoms with Gasteiger partial charge in [0.1, 0.15) is 17.4 Å². The van der Waals surface area contributed by atoms with E-state index in [0.717, 1.165) is 50.4 Å². The molecule has 1 aromatic heterocycles. The number of hydrogen-bond donors (Lipinski definition) is 2. The minimum Gasteiger partial charge on any atom is -0.474 e. The van der Waals surface area contributed by atoms with Gasteiger partial charge in [0.05, 0.1) is 28.5 Å². The SMILES string of the molecule is COCCN1CCC(C2=CN(N(c3ncc(C(N)=O)c(OC4CC4)n3)c3c(Cl)cccc3Cl)C=CN2O)CC1. The van der Waals surface area contributed by atoms with Crippen molar-refractivity contribution in [2.75, 3.05) is 38.4 Å². The van der Waals surface area contributed by atoms with Crippen LogP contribution >= 0.6 is 23.2 Å². The summed E-state index contributed by atoms with van der Waals surface area (Å²) >= 11 is 13.3. The van der Waals surface area contributed by atoms with E-state index in [-0.39, 0.29) is 29.4 Å². The number of carbonyl (C=O) groups is 1. The first-order valence-electron chi connectivity index (χ1n) is 12.8. The third-order valence-corrected chi connectivity index (χ3v) is 7.50. The zero-order chi connectivity index (χ0) is 27.5. The van der Waals surface area contributed by atoms with E-state index in [4.69, 9.17) is 38.4 Å². The number of anilines is 2. The molecule has 3 aliphatic rings. The molecule has 3 heterocycles. The summed E-state index contributed by atoms with van der Waals surface area (Å²) in [5, 5.41) is 16.0. The van der Waals surface area contributed by atoms with Crippen molar-refractivity contribution in [1.82, 2.24) is 24.9 Å². The van der Waals surface area contributed by atoms with Crippen LogP contribution in [0.5, 0.6) is 5.88 Å². The number of amides is 1. The van der Waals surface area contributed by atoms with Gasteiger partial charge in [-0.2, -0.15) is 4.98 Å². The van der Waals surface area contributed by atoms with Gasteiger partial charge in [-0.3, -0.25) is 15.0 Å². The molecule has 39 heavy (non-hydrogen) atoms. The maximum absolute atomic E-state index is 12.1. The van der Waals surface area contributed by atoms with Crippen molar-refractivity contribution in [1.29, 1.82) is 0 Å². The third kappa shape index (κ3) is 6.23. The molecule has 0 spiro atoms. The van der Waals surface area contributed by atoms with Gasteiger partial charge in [0.25, 0.3) is 11.9 Å². The number of methoxy groups -OCH3 is 1. The number of halogens is 2. The number of allylic oxidation sites excluding steroid dienone is 1. The number of hydroxylamine groups is 2. The first-order chi connectivity index (χ1) is 18.9. The predicted molar refractivity (Wildman–Crippen MR) is 147 cm³/mol. The van der Waals surface area contributed by atoms with Crippen LogP contribution in [0.15, 0.2) is 48.7 Å². The summed E-state index contributed by atoms with van der Waals surface area (Å²) in [7, 11) is 1.70. The third-order valence-electron chi connectivity index (χ3n) is 6.89. The van der Waals surface area contributed by atoms with E-state index in [0.29, 0.717) is 28.0 Å². The lowest BCUT2D eigenvalue weighted by Gasteiger charge is -2.39. The number of ether oxygens (including phenoxy) is 2. The first kappa shape index (κ1) is 27.5. The largest absolute Gasteiger partial charge is 0.474 e. The number of para-hydroxylation sites is 1. The fourth-order valence-corrected chi connectivity index (χ4v) is 5.17. The number of likely N-dealkylation sites (tertiary alicyclic amines) is 1. The van der Waals surface area contributed by atoms with Crippen molar-refractivity contribution in [3.63, 3.8) is 0 Å². The van der Waals surface area contributed by atoms with Crippen molar-refractivity contribution in [2.45, 2.75) is 31.8 Å². The number of nitrogens with two attached hydrogens (primary N) is 1. The summed E-state index contributed by atoms with van der Waals surface area (Å²) in [5.41, 5.74) is 6.78. The maximum Gasteiger partial charge on any atom is 0.255 e. The lowest BCUT2D eigenvalue weighted by molar-refractivity contribution is -0.0270. The standard InChI is InChI=1S/C26H31Cl2N7O4/c1-38-14-13-32-9-7-17(8-10-32)22-16-33(11-12-34(22)37)35(23-20(27)3-2-4-21(23)28)26-30-15-19(24(29)36)25(31-26)39-18-5-6-18/h2-4,11-12,15-18,37H,5-10,13-14H2,1H3,(H2,29,36). The molecule has 1 saturated carbocycles. The molecule has 2 fully saturated rings. The second-order valence-electron chi connectivity index (χ2n) is 9.64. The van der Waals surface area contributed by atoms with E-state index >= 15 is 0 Å². The van der Waals surface area contributed by atoms with Crippen LogP contribution in [0, 0.1) is 5.92 Å². The molecule has 1 amide bonds. The number of carbonyl (C=O) groups excluding carboxylic acids is 1. The average molecular weight is 576 g/mol. The van der Waals surface area contributed by atoms with Crippen LogP contribution in [0.2, 0.25) is 10.0 Å². The molecular weight excluding hydrogens is 545 g/mol. The van der Waals surface area contributed by atoms with Crippen molar-refractivity contribution in [3.05, 3.63) is 64.3 Å². The van der Waals surface area contributed by atoms with E-state index in [1.165, 1.54) is 6.20 Å². The molecule has 208 valence electrons. The van der Waals surface area contributed by atoms with Crippen molar-refractivity contribution in [3.8, 4) is 5.88 Å². The number of hydrogen-bond acceptors (Lipinski definition) is 10. The van der Waals surface area contributed by atoms with E-state index in [1.54, 1.807) is 47.7 Å². The summed E-state index contributed by atoms with van der Waals surface area (Å²) in [6, 6.07) is 5.16. The van der Waals surface area contributed by atoms with Crippen LogP contribution in [0.1, 0.15) is 36.0 Å². The number of piperidine rings is 1. The Kier molecular flexibility index (Phi) is 8.43. The van der Waals surface area contributed by atoms with Crippen LogP contribution in [-0.2, 0) is 4.74 Å². The number of rotatable bonds is 10. The molecule has 11 nitrogen and oxygen atoms in total. The summed E-state index contributed by atoms with van der Waals surface area (Å²) in [4.78, 5) is 23.4. The predicted octanol–water partition coefficient (Wildman–Crippen LogP) is 4.15. The van der Waals surface area contributed by atoms with Gasteiger partial charge >= 0.3 is 0 Å². The van der Waals surface area contributed by atoms with Crippen LogP contribution in [0.4, 0.5) is 11.6 Å². The Morgan fingerprint density at radius 1 is 1.18 bits per heavy atom. The fraction of sp³-hybridized carbons (Fsp3) is 0.423. The molecule has 0 unspecified atom stereocenters.